The molecule has 3 aromatic heterocycles. The normalized spacial score (nSPS) is 14.1. The smallest absolute Gasteiger partial charge is 0.253 e. The summed E-state index contributed by atoms with van der Waals surface area (Å²) in [6.45, 7) is 0.626. The first-order valence-electron chi connectivity index (χ1n) is 12.5. The molecular formula is C27H27F2N7O3. The molecule has 202 valence electrons. The number of hydrogen-bond acceptors (Lipinski definition) is 8. The summed E-state index contributed by atoms with van der Waals surface area (Å²) in [6, 6.07) is 4.24. The fourth-order valence-electron chi connectivity index (χ4n) is 4.84. The lowest BCUT2D eigenvalue weighted by Gasteiger charge is -2.32. The highest BCUT2D eigenvalue weighted by atomic mass is 19.1. The van der Waals surface area contributed by atoms with E-state index in [1.807, 2.05) is 9.47 Å². The van der Waals surface area contributed by atoms with Gasteiger partial charge in [-0.25, -0.2) is 28.7 Å². The van der Waals surface area contributed by atoms with Crippen molar-refractivity contribution in [2.75, 3.05) is 38.7 Å². The van der Waals surface area contributed by atoms with Crippen molar-refractivity contribution in [2.24, 2.45) is 0 Å². The molecule has 1 N–H and O–H groups in total. The van der Waals surface area contributed by atoms with Gasteiger partial charge in [-0.1, -0.05) is 6.07 Å². The Morgan fingerprint density at radius 2 is 1.74 bits per heavy atom. The number of halogens is 2. The number of nitrogens with zero attached hydrogens (tertiary/aromatic N) is 7. The number of ketones is 1. The Labute approximate surface area is 223 Å². The Balaban J connectivity index is 1.34. The molecule has 39 heavy (non-hydrogen) atoms. The summed E-state index contributed by atoms with van der Waals surface area (Å²) in [5.41, 5.74) is 1.60. The Morgan fingerprint density at radius 3 is 2.38 bits per heavy atom. The van der Waals surface area contributed by atoms with Crippen LogP contribution < -0.4 is 4.90 Å². The van der Waals surface area contributed by atoms with E-state index < -0.39 is 24.0 Å². The van der Waals surface area contributed by atoms with Crippen LogP contribution in [0.3, 0.4) is 0 Å². The molecule has 5 rings (SSSR count). The average Bonchev–Trinajstić information content (AvgIpc) is 3.30. The molecule has 1 aliphatic heterocycles. The molecule has 0 unspecified atom stereocenters. The highest BCUT2D eigenvalue weighted by Crippen LogP contribution is 2.31. The lowest BCUT2D eigenvalue weighted by atomic mass is 10.0. The van der Waals surface area contributed by atoms with Gasteiger partial charge in [-0.15, -0.1) is 0 Å². The minimum absolute atomic E-state index is 0.0284. The Kier molecular flexibility index (Phi) is 7.29. The second-order valence-corrected chi connectivity index (χ2v) is 9.66. The minimum Gasteiger partial charge on any atom is -0.388 e. The van der Waals surface area contributed by atoms with Crippen molar-refractivity contribution in [1.29, 1.82) is 0 Å². The Bertz CT molecular complexity index is 1530. The molecule has 0 atom stereocenters. The van der Waals surface area contributed by atoms with Crippen LogP contribution in [0.15, 0.2) is 43.1 Å². The number of anilines is 1. The van der Waals surface area contributed by atoms with Crippen LogP contribution in [0, 0.1) is 11.6 Å². The molecule has 0 saturated carbocycles. The van der Waals surface area contributed by atoms with E-state index in [2.05, 4.69) is 19.9 Å². The second-order valence-electron chi connectivity index (χ2n) is 9.66. The van der Waals surface area contributed by atoms with Crippen molar-refractivity contribution in [3.05, 3.63) is 77.1 Å². The lowest BCUT2D eigenvalue weighted by molar-refractivity contribution is 0.0826. The number of aromatic nitrogens is 5. The van der Waals surface area contributed by atoms with Crippen LogP contribution in [0.2, 0.25) is 0 Å². The molecule has 1 aliphatic rings. The monoisotopic (exact) mass is 535 g/mol. The number of rotatable bonds is 7. The van der Waals surface area contributed by atoms with Gasteiger partial charge in [-0.3, -0.25) is 9.59 Å². The fraction of sp³-hybridized carbons (Fsp3) is 0.333. The van der Waals surface area contributed by atoms with Gasteiger partial charge in [0, 0.05) is 63.8 Å². The van der Waals surface area contributed by atoms with E-state index in [-0.39, 0.29) is 34.9 Å². The van der Waals surface area contributed by atoms with E-state index in [0.29, 0.717) is 48.8 Å². The summed E-state index contributed by atoms with van der Waals surface area (Å²) in [7, 11) is 3.19. The number of hydrogen-bond donors (Lipinski definition) is 1. The molecule has 4 aromatic rings. The van der Waals surface area contributed by atoms with E-state index in [4.69, 9.17) is 5.11 Å². The van der Waals surface area contributed by atoms with Gasteiger partial charge in [0.05, 0.1) is 16.6 Å². The second kappa shape index (κ2) is 10.8. The van der Waals surface area contributed by atoms with Crippen LogP contribution in [0.4, 0.5) is 14.7 Å². The van der Waals surface area contributed by atoms with Gasteiger partial charge in [-0.05, 0) is 30.5 Å². The maximum atomic E-state index is 15.2. The number of aliphatic hydroxyl groups excluding tert-OH is 1. The molecule has 12 heteroatoms. The largest absolute Gasteiger partial charge is 0.388 e. The molecular weight excluding hydrogens is 508 g/mol. The van der Waals surface area contributed by atoms with E-state index >= 15 is 4.39 Å². The molecule has 0 bridgehead atoms. The highest BCUT2D eigenvalue weighted by molar-refractivity contribution is 5.96. The zero-order valence-corrected chi connectivity index (χ0v) is 21.5. The number of carbonyl (C=O) groups is 2. The molecule has 0 radical (unpaired) electrons. The van der Waals surface area contributed by atoms with Gasteiger partial charge in [0.2, 0.25) is 5.95 Å². The molecule has 1 fully saturated rings. The van der Waals surface area contributed by atoms with Crippen LogP contribution in [-0.2, 0) is 6.42 Å². The number of Topliss-reactive ketones (excluding diaryl/α,β-unsaturated/α-hetero) is 1. The van der Waals surface area contributed by atoms with Crippen molar-refractivity contribution in [3.63, 3.8) is 0 Å². The van der Waals surface area contributed by atoms with Crippen LogP contribution >= 0.6 is 0 Å². The molecule has 1 aromatic carbocycles. The maximum absolute atomic E-state index is 15.2. The number of aliphatic hydroxyl groups is 1. The van der Waals surface area contributed by atoms with Crippen molar-refractivity contribution >= 4 is 28.7 Å². The summed E-state index contributed by atoms with van der Waals surface area (Å²) >= 11 is 0. The lowest BCUT2D eigenvalue weighted by Crippen LogP contribution is -2.35. The third-order valence-corrected chi connectivity index (χ3v) is 6.95. The van der Waals surface area contributed by atoms with E-state index in [0.717, 1.165) is 0 Å². The van der Waals surface area contributed by atoms with Crippen molar-refractivity contribution in [2.45, 2.75) is 25.3 Å². The number of fused-ring (bicyclic) bond motifs is 1. The number of benzene rings is 1. The van der Waals surface area contributed by atoms with Gasteiger partial charge in [0.15, 0.2) is 11.6 Å². The molecule has 0 spiro atoms. The number of carbonyl (C=O) groups excluding carboxylic acids is 2. The van der Waals surface area contributed by atoms with Gasteiger partial charge < -0.3 is 19.5 Å². The maximum Gasteiger partial charge on any atom is 0.253 e. The van der Waals surface area contributed by atoms with E-state index in [1.165, 1.54) is 42.0 Å². The predicted molar refractivity (Wildman–Crippen MR) is 139 cm³/mol. The summed E-state index contributed by atoms with van der Waals surface area (Å²) in [4.78, 5) is 44.2. The zero-order chi connectivity index (χ0) is 27.7. The molecule has 1 amide bonds. The summed E-state index contributed by atoms with van der Waals surface area (Å²) in [5, 5.41) is 9.24. The standard InChI is InChI=1S/C27H27F2N7O3/c1-34(2)26(39)17-4-3-16(20(28)9-17)10-22-24-21(29)13-36(25(24)33-15-32-22)19-5-7-35(8-6-19)27-30-11-18(12-31-27)23(38)14-37/h3-4,9,11-13,15,19,37H,5-8,10,14H2,1-2H3. The van der Waals surface area contributed by atoms with Crippen LogP contribution in [0.5, 0.6) is 0 Å². The minimum atomic E-state index is -0.597. The molecule has 4 heterocycles. The van der Waals surface area contributed by atoms with Crippen LogP contribution in [0.1, 0.15) is 50.9 Å². The average molecular weight is 536 g/mol. The fourth-order valence-corrected chi connectivity index (χ4v) is 4.84. The Hall–Kier alpha value is -4.32. The topological polar surface area (TPSA) is 117 Å². The predicted octanol–water partition coefficient (Wildman–Crippen LogP) is 2.81. The van der Waals surface area contributed by atoms with Crippen LogP contribution in [0.25, 0.3) is 11.0 Å². The SMILES string of the molecule is CN(C)C(=O)c1ccc(Cc2ncnc3c2c(F)cn3C2CCN(c3ncc(C(=O)CO)cn3)CC2)c(F)c1. The molecule has 10 nitrogen and oxygen atoms in total. The summed E-state index contributed by atoms with van der Waals surface area (Å²) in [5.74, 6) is -1.30. The van der Waals surface area contributed by atoms with Crippen molar-refractivity contribution in [3.8, 4) is 0 Å². The van der Waals surface area contributed by atoms with E-state index in [1.54, 1.807) is 20.2 Å². The molecule has 1 saturated heterocycles. The highest BCUT2D eigenvalue weighted by Gasteiger charge is 2.26. The quantitative estimate of drug-likeness (QED) is 0.359. The van der Waals surface area contributed by atoms with Crippen LogP contribution in [-0.4, -0.2) is 80.0 Å². The number of amides is 1. The number of piperidine rings is 1. The first-order valence-corrected chi connectivity index (χ1v) is 12.5. The summed E-state index contributed by atoms with van der Waals surface area (Å²) in [6.07, 6.45) is 6.98. The van der Waals surface area contributed by atoms with Gasteiger partial charge in [0.25, 0.3) is 5.91 Å². The van der Waals surface area contributed by atoms with Gasteiger partial charge in [-0.2, -0.15) is 0 Å². The summed E-state index contributed by atoms with van der Waals surface area (Å²) < 4.78 is 31.9. The van der Waals surface area contributed by atoms with E-state index in [9.17, 15) is 14.0 Å². The zero-order valence-electron chi connectivity index (χ0n) is 21.5. The van der Waals surface area contributed by atoms with Gasteiger partial charge >= 0.3 is 0 Å². The third-order valence-electron chi connectivity index (χ3n) is 6.95. The first-order chi connectivity index (χ1) is 18.8. The Morgan fingerprint density at radius 1 is 1.03 bits per heavy atom. The van der Waals surface area contributed by atoms with Gasteiger partial charge in [0.1, 0.15) is 24.4 Å². The first kappa shape index (κ1) is 26.3. The van der Waals surface area contributed by atoms with Crippen molar-refractivity contribution in [1.82, 2.24) is 29.4 Å². The molecule has 0 aliphatic carbocycles. The third kappa shape index (κ3) is 5.19. The van der Waals surface area contributed by atoms with Crippen molar-refractivity contribution < 1.29 is 23.5 Å².